The molecule has 0 aromatic rings. The molecule has 9 heteroatoms. The minimum atomic E-state index is -5.22. The number of halogens is 3. The van der Waals surface area contributed by atoms with Crippen LogP contribution in [0.5, 0.6) is 0 Å². The largest absolute Gasteiger partial charge is 0.467 e. The number of alkyl halides is 3. The molecule has 0 spiro atoms. The standard InChI is InChI=1S/C12H15F3N2O4/c1-20-10(18)11(19,12(13,14)15)8-9(2-3-16)17-4-6-21-7-5-17/h2,19H,4-8H2,1H3/b9-2-/t11-/m1/s1. The first-order chi connectivity index (χ1) is 9.76. The first-order valence-corrected chi connectivity index (χ1v) is 6.05. The van der Waals surface area contributed by atoms with Crippen molar-refractivity contribution in [3.63, 3.8) is 0 Å². The number of ether oxygens (including phenoxy) is 2. The summed E-state index contributed by atoms with van der Waals surface area (Å²) in [5.41, 5.74) is -3.78. The minimum Gasteiger partial charge on any atom is -0.467 e. The van der Waals surface area contributed by atoms with Crippen LogP contribution < -0.4 is 0 Å². The summed E-state index contributed by atoms with van der Waals surface area (Å²) in [4.78, 5) is 12.8. The van der Waals surface area contributed by atoms with Crippen LogP contribution in [-0.2, 0) is 14.3 Å². The predicted molar refractivity (Wildman–Crippen MR) is 63.7 cm³/mol. The third kappa shape index (κ3) is 3.86. The molecule has 1 aliphatic heterocycles. The van der Waals surface area contributed by atoms with Crippen LogP contribution in [0.1, 0.15) is 6.42 Å². The second kappa shape index (κ2) is 6.78. The van der Waals surface area contributed by atoms with Gasteiger partial charge in [-0.1, -0.05) is 0 Å². The number of hydrogen-bond donors (Lipinski definition) is 1. The zero-order valence-electron chi connectivity index (χ0n) is 11.3. The van der Waals surface area contributed by atoms with Crippen molar-refractivity contribution in [1.29, 1.82) is 5.26 Å². The number of rotatable bonds is 4. The summed E-state index contributed by atoms with van der Waals surface area (Å²) in [6.07, 6.45) is -5.43. The van der Waals surface area contributed by atoms with Crippen molar-refractivity contribution in [2.24, 2.45) is 0 Å². The van der Waals surface area contributed by atoms with Gasteiger partial charge in [-0.15, -0.1) is 0 Å². The first-order valence-electron chi connectivity index (χ1n) is 6.05. The summed E-state index contributed by atoms with van der Waals surface area (Å²) in [7, 11) is 0.751. The van der Waals surface area contributed by atoms with Crippen LogP contribution in [0, 0.1) is 11.3 Å². The molecule has 0 aromatic heterocycles. The highest BCUT2D eigenvalue weighted by molar-refractivity contribution is 5.80. The Bertz CT molecular complexity index is 452. The fourth-order valence-corrected chi connectivity index (χ4v) is 1.90. The lowest BCUT2D eigenvalue weighted by Crippen LogP contribution is -2.54. The number of hydrogen-bond acceptors (Lipinski definition) is 6. The van der Waals surface area contributed by atoms with E-state index in [1.54, 1.807) is 6.07 Å². The molecule has 1 rings (SSSR count). The van der Waals surface area contributed by atoms with E-state index in [0.717, 1.165) is 13.2 Å². The van der Waals surface area contributed by atoms with Gasteiger partial charge in [-0.25, -0.2) is 4.79 Å². The van der Waals surface area contributed by atoms with E-state index >= 15 is 0 Å². The Hall–Kier alpha value is -1.79. The maximum Gasteiger partial charge on any atom is 0.428 e. The van der Waals surface area contributed by atoms with Crippen molar-refractivity contribution < 1.29 is 32.5 Å². The van der Waals surface area contributed by atoms with Gasteiger partial charge in [0.1, 0.15) is 0 Å². The smallest absolute Gasteiger partial charge is 0.428 e. The monoisotopic (exact) mass is 308 g/mol. The Morgan fingerprint density at radius 2 is 2.05 bits per heavy atom. The summed E-state index contributed by atoms with van der Waals surface area (Å²) in [6, 6.07) is 1.62. The number of morpholine rings is 1. The maximum atomic E-state index is 13.0. The minimum absolute atomic E-state index is 0.0916. The summed E-state index contributed by atoms with van der Waals surface area (Å²) in [5, 5.41) is 18.4. The molecule has 1 fully saturated rings. The number of carbonyl (C=O) groups is 1. The van der Waals surface area contributed by atoms with Crippen molar-refractivity contribution in [1.82, 2.24) is 4.90 Å². The highest BCUT2D eigenvalue weighted by atomic mass is 19.4. The van der Waals surface area contributed by atoms with Crippen molar-refractivity contribution in [2.45, 2.75) is 18.2 Å². The highest BCUT2D eigenvalue weighted by Crippen LogP contribution is 2.37. The van der Waals surface area contributed by atoms with Gasteiger partial charge in [0.25, 0.3) is 5.60 Å². The quantitative estimate of drug-likeness (QED) is 0.604. The number of aliphatic hydroxyl groups is 1. The van der Waals surface area contributed by atoms with Crippen molar-refractivity contribution in [2.75, 3.05) is 33.4 Å². The summed E-state index contributed by atoms with van der Waals surface area (Å²) < 4.78 is 48.1. The van der Waals surface area contributed by atoms with Crippen molar-refractivity contribution in [3.05, 3.63) is 11.8 Å². The molecule has 1 saturated heterocycles. The average Bonchev–Trinajstić information content (AvgIpc) is 2.45. The van der Waals surface area contributed by atoms with Gasteiger partial charge in [0.15, 0.2) is 0 Å². The van der Waals surface area contributed by atoms with Crippen LogP contribution in [0.15, 0.2) is 11.8 Å². The number of allylic oxidation sites excluding steroid dienone is 1. The Morgan fingerprint density at radius 3 is 2.48 bits per heavy atom. The molecule has 1 N–H and O–H groups in total. The predicted octanol–water partition coefficient (Wildman–Crippen LogP) is 0.583. The Kier molecular flexibility index (Phi) is 5.57. The van der Waals surface area contributed by atoms with Crippen molar-refractivity contribution in [3.8, 4) is 6.07 Å². The van der Waals surface area contributed by atoms with E-state index in [0.29, 0.717) is 0 Å². The lowest BCUT2D eigenvalue weighted by molar-refractivity contribution is -0.262. The molecule has 118 valence electrons. The summed E-state index contributed by atoms with van der Waals surface area (Å²) in [6.45, 7) is 1.10. The highest BCUT2D eigenvalue weighted by Gasteiger charge is 2.61. The van der Waals surface area contributed by atoms with Crippen LogP contribution in [0.25, 0.3) is 0 Å². The Morgan fingerprint density at radius 1 is 1.48 bits per heavy atom. The fourth-order valence-electron chi connectivity index (χ4n) is 1.90. The molecule has 1 atom stereocenters. The molecular weight excluding hydrogens is 293 g/mol. The molecule has 6 nitrogen and oxygen atoms in total. The second-order valence-electron chi connectivity index (χ2n) is 4.39. The Balaban J connectivity index is 3.06. The van der Waals surface area contributed by atoms with E-state index in [1.165, 1.54) is 4.90 Å². The Labute approximate surface area is 119 Å². The third-order valence-corrected chi connectivity index (χ3v) is 3.08. The van der Waals surface area contributed by atoms with Gasteiger partial charge in [0.2, 0.25) is 0 Å². The number of nitriles is 1. The van der Waals surface area contributed by atoms with E-state index in [4.69, 9.17) is 10.00 Å². The normalized spacial score (nSPS) is 19.6. The summed E-state index contributed by atoms with van der Waals surface area (Å²) >= 11 is 0. The molecule has 1 aliphatic rings. The second-order valence-corrected chi connectivity index (χ2v) is 4.39. The third-order valence-electron chi connectivity index (χ3n) is 3.08. The van der Waals surface area contributed by atoms with Gasteiger partial charge >= 0.3 is 12.1 Å². The SMILES string of the molecule is COC(=O)[C@](O)(C/C(=C/C#N)N1CCOCC1)C(F)(F)F. The molecule has 0 aromatic carbocycles. The van der Waals surface area contributed by atoms with Gasteiger partial charge in [0, 0.05) is 31.3 Å². The number of carbonyl (C=O) groups excluding carboxylic acids is 1. The molecule has 0 bridgehead atoms. The molecule has 1 heterocycles. The first kappa shape index (κ1) is 17.3. The van der Waals surface area contributed by atoms with E-state index in [2.05, 4.69) is 4.74 Å². The topological polar surface area (TPSA) is 82.8 Å². The molecule has 0 aliphatic carbocycles. The number of methoxy groups -OCH3 is 1. The van der Waals surface area contributed by atoms with Gasteiger partial charge in [-0.05, 0) is 0 Å². The van der Waals surface area contributed by atoms with E-state index in [-0.39, 0.29) is 32.0 Å². The fraction of sp³-hybridized carbons (Fsp3) is 0.667. The maximum absolute atomic E-state index is 13.0. The molecule has 0 amide bonds. The zero-order valence-corrected chi connectivity index (χ0v) is 11.3. The lowest BCUT2D eigenvalue weighted by Gasteiger charge is -2.35. The number of esters is 1. The van der Waals surface area contributed by atoms with E-state index in [9.17, 15) is 23.1 Å². The molecule has 21 heavy (non-hydrogen) atoms. The van der Waals surface area contributed by atoms with E-state index < -0.39 is 24.2 Å². The zero-order chi connectivity index (χ0) is 16.1. The van der Waals surface area contributed by atoms with E-state index in [1.807, 2.05) is 0 Å². The van der Waals surface area contributed by atoms with Crippen LogP contribution in [0.4, 0.5) is 13.2 Å². The lowest BCUT2D eigenvalue weighted by atomic mass is 9.96. The molecule has 0 radical (unpaired) electrons. The molecule has 0 unspecified atom stereocenters. The van der Waals surface area contributed by atoms with Crippen LogP contribution in [0.3, 0.4) is 0 Å². The van der Waals surface area contributed by atoms with Crippen LogP contribution in [0.2, 0.25) is 0 Å². The average molecular weight is 308 g/mol. The van der Waals surface area contributed by atoms with Gasteiger partial charge in [-0.2, -0.15) is 18.4 Å². The number of nitrogens with zero attached hydrogens (tertiary/aromatic N) is 2. The summed E-state index contributed by atoms with van der Waals surface area (Å²) in [5.74, 6) is -1.81. The van der Waals surface area contributed by atoms with Gasteiger partial charge in [0.05, 0.1) is 26.4 Å². The van der Waals surface area contributed by atoms with Crippen LogP contribution in [-0.4, -0.2) is 61.2 Å². The van der Waals surface area contributed by atoms with Gasteiger partial charge < -0.3 is 19.5 Å². The molecule has 0 saturated carbocycles. The molecular formula is C12H15F3N2O4. The van der Waals surface area contributed by atoms with Gasteiger partial charge in [-0.3, -0.25) is 0 Å². The van der Waals surface area contributed by atoms with Crippen molar-refractivity contribution >= 4 is 5.97 Å². The van der Waals surface area contributed by atoms with Crippen LogP contribution >= 0.6 is 0 Å².